The normalized spacial score (nSPS) is 14.6. The van der Waals surface area contributed by atoms with E-state index in [0.717, 1.165) is 23.6 Å². The zero-order valence-corrected chi connectivity index (χ0v) is 18.4. The predicted molar refractivity (Wildman–Crippen MR) is 125 cm³/mol. The number of benzene rings is 3. The standard InChI is InChI=1S/C25H22FN3O2S/c1-2-29-24(31)20-13-16-5-3-4-6-17(16)14-21(20)28-25(29)32-22(23(30)27-19-11-12-19)15-7-9-18(26)10-8-15/h3-10,13-14,19,22H,2,11-12H2,1H3,(H,27,30). The van der Waals surface area contributed by atoms with Crippen LogP contribution in [0.25, 0.3) is 21.7 Å². The van der Waals surface area contributed by atoms with Gasteiger partial charge in [0, 0.05) is 12.6 Å². The number of rotatable bonds is 6. The van der Waals surface area contributed by atoms with Crippen LogP contribution in [0.15, 0.2) is 70.6 Å². The van der Waals surface area contributed by atoms with Crippen LogP contribution in [0, 0.1) is 5.82 Å². The molecule has 32 heavy (non-hydrogen) atoms. The summed E-state index contributed by atoms with van der Waals surface area (Å²) in [6, 6.07) is 17.7. The minimum Gasteiger partial charge on any atom is -0.352 e. The van der Waals surface area contributed by atoms with Crippen molar-refractivity contribution in [1.29, 1.82) is 0 Å². The molecule has 162 valence electrons. The van der Waals surface area contributed by atoms with E-state index in [1.807, 2.05) is 43.3 Å². The lowest BCUT2D eigenvalue weighted by molar-refractivity contribution is -0.120. The summed E-state index contributed by atoms with van der Waals surface area (Å²) in [4.78, 5) is 31.2. The van der Waals surface area contributed by atoms with Crippen molar-refractivity contribution in [2.75, 3.05) is 0 Å². The molecule has 3 aromatic carbocycles. The fraction of sp³-hybridized carbons (Fsp3) is 0.240. The SMILES string of the molecule is CCn1c(SC(C(=O)NC2CC2)c2ccc(F)cc2)nc2cc3ccccc3cc2c1=O. The van der Waals surface area contributed by atoms with Gasteiger partial charge in [0.2, 0.25) is 5.91 Å². The third-order valence-electron chi connectivity index (χ3n) is 5.66. The van der Waals surface area contributed by atoms with Crippen LogP contribution in [0.3, 0.4) is 0 Å². The van der Waals surface area contributed by atoms with Crippen LogP contribution in [-0.2, 0) is 11.3 Å². The molecule has 7 heteroatoms. The minimum atomic E-state index is -0.640. The van der Waals surface area contributed by atoms with Gasteiger partial charge in [-0.3, -0.25) is 14.2 Å². The van der Waals surface area contributed by atoms with Gasteiger partial charge in [-0.15, -0.1) is 0 Å². The first kappa shape index (κ1) is 20.7. The molecule has 1 fully saturated rings. The first-order chi connectivity index (χ1) is 15.5. The van der Waals surface area contributed by atoms with Crippen molar-refractivity contribution in [1.82, 2.24) is 14.9 Å². The first-order valence-electron chi connectivity index (χ1n) is 10.7. The van der Waals surface area contributed by atoms with Crippen molar-refractivity contribution < 1.29 is 9.18 Å². The first-order valence-corrected chi connectivity index (χ1v) is 11.6. The molecule has 1 unspecified atom stereocenters. The fourth-order valence-corrected chi connectivity index (χ4v) is 4.95. The topological polar surface area (TPSA) is 64.0 Å². The smallest absolute Gasteiger partial charge is 0.262 e. The van der Waals surface area contributed by atoms with E-state index in [9.17, 15) is 14.0 Å². The number of amides is 1. The highest BCUT2D eigenvalue weighted by atomic mass is 32.2. The quantitative estimate of drug-likeness (QED) is 0.261. The zero-order chi connectivity index (χ0) is 22.2. The van der Waals surface area contributed by atoms with Crippen LogP contribution in [0.4, 0.5) is 4.39 Å². The number of carbonyl (C=O) groups is 1. The van der Waals surface area contributed by atoms with Gasteiger partial charge in [-0.1, -0.05) is 48.2 Å². The van der Waals surface area contributed by atoms with E-state index in [2.05, 4.69) is 5.32 Å². The molecule has 0 bridgehead atoms. The molecule has 0 saturated heterocycles. The van der Waals surface area contributed by atoms with Crippen LogP contribution in [-0.4, -0.2) is 21.5 Å². The Morgan fingerprint density at radius 3 is 2.50 bits per heavy atom. The Balaban J connectivity index is 1.61. The Labute approximate surface area is 188 Å². The summed E-state index contributed by atoms with van der Waals surface area (Å²) in [6.45, 7) is 2.31. The average molecular weight is 448 g/mol. The van der Waals surface area contributed by atoms with Crippen LogP contribution in [0.1, 0.15) is 30.6 Å². The molecule has 1 aromatic heterocycles. The van der Waals surface area contributed by atoms with Crippen molar-refractivity contribution in [3.05, 3.63) is 82.4 Å². The van der Waals surface area contributed by atoms with Gasteiger partial charge < -0.3 is 5.32 Å². The molecular formula is C25H22FN3O2S. The van der Waals surface area contributed by atoms with Gasteiger partial charge in [0.05, 0.1) is 10.9 Å². The number of thioether (sulfide) groups is 1. The molecule has 1 saturated carbocycles. The van der Waals surface area contributed by atoms with Crippen molar-refractivity contribution in [3.8, 4) is 0 Å². The number of hydrogen-bond donors (Lipinski definition) is 1. The Hall–Kier alpha value is -3.19. The molecule has 0 radical (unpaired) electrons. The van der Waals surface area contributed by atoms with Crippen molar-refractivity contribution >= 4 is 39.3 Å². The predicted octanol–water partition coefficient (Wildman–Crippen LogP) is 4.82. The lowest BCUT2D eigenvalue weighted by Gasteiger charge is -2.19. The van der Waals surface area contributed by atoms with Gasteiger partial charge in [-0.2, -0.15) is 0 Å². The third kappa shape index (κ3) is 4.00. The zero-order valence-electron chi connectivity index (χ0n) is 17.5. The molecule has 1 aliphatic rings. The Morgan fingerprint density at radius 1 is 1.16 bits per heavy atom. The van der Waals surface area contributed by atoms with Crippen molar-refractivity contribution in [2.45, 2.75) is 42.8 Å². The molecule has 1 N–H and O–H groups in total. The summed E-state index contributed by atoms with van der Waals surface area (Å²) in [6.07, 6.45) is 1.93. The maximum atomic E-state index is 13.5. The molecule has 4 aromatic rings. The molecule has 1 atom stereocenters. The minimum absolute atomic E-state index is 0.133. The molecule has 1 aliphatic carbocycles. The Morgan fingerprint density at radius 2 is 1.84 bits per heavy atom. The van der Waals surface area contributed by atoms with E-state index in [0.29, 0.717) is 28.2 Å². The second kappa shape index (κ2) is 8.39. The number of carbonyl (C=O) groups excluding carboxylic acids is 1. The van der Waals surface area contributed by atoms with Crippen LogP contribution >= 0.6 is 11.8 Å². The number of hydrogen-bond acceptors (Lipinski definition) is 4. The van der Waals surface area contributed by atoms with Crippen molar-refractivity contribution in [2.24, 2.45) is 0 Å². The second-order valence-corrected chi connectivity index (χ2v) is 9.06. The van der Waals surface area contributed by atoms with Crippen molar-refractivity contribution in [3.63, 3.8) is 0 Å². The summed E-state index contributed by atoms with van der Waals surface area (Å²) in [5.74, 6) is -0.513. The van der Waals surface area contributed by atoms with Crippen LogP contribution in [0.2, 0.25) is 0 Å². The third-order valence-corrected chi connectivity index (χ3v) is 6.91. The Kier molecular flexibility index (Phi) is 5.43. The Bertz CT molecular complexity index is 1380. The molecule has 1 amide bonds. The highest BCUT2D eigenvalue weighted by Gasteiger charge is 2.30. The largest absolute Gasteiger partial charge is 0.352 e. The van der Waals surface area contributed by atoms with E-state index >= 15 is 0 Å². The lowest BCUT2D eigenvalue weighted by Crippen LogP contribution is -2.30. The van der Waals surface area contributed by atoms with Crippen LogP contribution in [0.5, 0.6) is 0 Å². The molecular weight excluding hydrogens is 425 g/mol. The van der Waals surface area contributed by atoms with E-state index < -0.39 is 5.25 Å². The molecule has 5 nitrogen and oxygen atoms in total. The molecule has 5 rings (SSSR count). The summed E-state index contributed by atoms with van der Waals surface area (Å²) in [5, 5.41) is 5.40. The lowest BCUT2D eigenvalue weighted by atomic mass is 10.1. The second-order valence-electron chi connectivity index (χ2n) is 7.99. The highest BCUT2D eigenvalue weighted by Crippen LogP contribution is 2.36. The number of aromatic nitrogens is 2. The number of fused-ring (bicyclic) bond motifs is 2. The summed E-state index contributed by atoms with van der Waals surface area (Å²) in [5.41, 5.74) is 1.14. The maximum Gasteiger partial charge on any atom is 0.262 e. The average Bonchev–Trinajstić information content (AvgIpc) is 3.61. The van der Waals surface area contributed by atoms with Gasteiger partial charge in [-0.05, 0) is 60.4 Å². The summed E-state index contributed by atoms with van der Waals surface area (Å²) >= 11 is 1.23. The molecule has 0 aliphatic heterocycles. The van der Waals surface area contributed by atoms with Gasteiger partial charge in [-0.25, -0.2) is 9.37 Å². The van der Waals surface area contributed by atoms with E-state index in [1.54, 1.807) is 16.7 Å². The van der Waals surface area contributed by atoms with Crippen LogP contribution < -0.4 is 10.9 Å². The van der Waals surface area contributed by atoms with Gasteiger partial charge in [0.25, 0.3) is 5.56 Å². The van der Waals surface area contributed by atoms with E-state index in [4.69, 9.17) is 4.98 Å². The monoisotopic (exact) mass is 447 g/mol. The maximum absolute atomic E-state index is 13.5. The fourth-order valence-electron chi connectivity index (χ4n) is 3.78. The summed E-state index contributed by atoms with van der Waals surface area (Å²) in [7, 11) is 0. The number of nitrogens with one attached hydrogen (secondary N) is 1. The van der Waals surface area contributed by atoms with E-state index in [-0.39, 0.29) is 23.3 Å². The van der Waals surface area contributed by atoms with Gasteiger partial charge >= 0.3 is 0 Å². The highest BCUT2D eigenvalue weighted by molar-refractivity contribution is 8.00. The van der Waals surface area contributed by atoms with Gasteiger partial charge in [0.1, 0.15) is 11.1 Å². The number of nitrogens with zero attached hydrogens (tertiary/aromatic N) is 2. The molecule has 0 spiro atoms. The van der Waals surface area contributed by atoms with E-state index in [1.165, 1.54) is 23.9 Å². The van der Waals surface area contributed by atoms with Gasteiger partial charge in [0.15, 0.2) is 5.16 Å². The summed E-state index contributed by atoms with van der Waals surface area (Å²) < 4.78 is 15.1. The number of halogens is 1. The molecule has 1 heterocycles.